The first-order chi connectivity index (χ1) is 5.29. The summed E-state index contributed by atoms with van der Waals surface area (Å²) in [5.74, 6) is -0.254. The number of epoxide rings is 1. The van der Waals surface area contributed by atoms with Gasteiger partial charge in [-0.15, -0.1) is 0 Å². The van der Waals surface area contributed by atoms with Crippen LogP contribution in [0.5, 0.6) is 0 Å². The minimum atomic E-state index is -0.342. The van der Waals surface area contributed by atoms with E-state index < -0.39 is 0 Å². The molecule has 0 bridgehead atoms. The van der Waals surface area contributed by atoms with E-state index in [9.17, 15) is 4.79 Å². The molecule has 0 amide bonds. The van der Waals surface area contributed by atoms with Crippen LogP contribution in [0.2, 0.25) is 0 Å². The molecule has 0 aromatic rings. The highest BCUT2D eigenvalue weighted by atomic mass is 16.6. The summed E-state index contributed by atoms with van der Waals surface area (Å²) in [4.78, 5) is 10.9. The molecule has 0 aromatic heterocycles. The van der Waals surface area contributed by atoms with Crippen LogP contribution >= 0.6 is 0 Å². The number of allylic oxidation sites excluding steroid dienone is 1. The standard InChI is InChI=1S/C8H12O3/c1-3-5-6-7(11-6)8(9)10-4-2/h3,5-7H,4H2,1-2H3/b5-3+. The molecule has 1 saturated heterocycles. The quantitative estimate of drug-likeness (QED) is 0.346. The molecule has 0 spiro atoms. The summed E-state index contributed by atoms with van der Waals surface area (Å²) < 4.78 is 9.75. The average molecular weight is 156 g/mol. The van der Waals surface area contributed by atoms with Crippen molar-refractivity contribution in [1.29, 1.82) is 0 Å². The Morgan fingerprint density at radius 3 is 3.00 bits per heavy atom. The highest BCUT2D eigenvalue weighted by Crippen LogP contribution is 2.24. The van der Waals surface area contributed by atoms with Gasteiger partial charge in [-0.2, -0.15) is 0 Å². The van der Waals surface area contributed by atoms with Crippen LogP contribution in [0.15, 0.2) is 12.2 Å². The molecule has 3 heteroatoms. The van der Waals surface area contributed by atoms with Gasteiger partial charge in [0, 0.05) is 0 Å². The van der Waals surface area contributed by atoms with E-state index in [0.717, 1.165) is 0 Å². The van der Waals surface area contributed by atoms with E-state index >= 15 is 0 Å². The van der Waals surface area contributed by atoms with Crippen molar-refractivity contribution in [2.24, 2.45) is 0 Å². The van der Waals surface area contributed by atoms with E-state index in [1.807, 2.05) is 19.1 Å². The van der Waals surface area contributed by atoms with Crippen LogP contribution in [0.3, 0.4) is 0 Å². The number of carbonyl (C=O) groups excluding carboxylic acids is 1. The summed E-state index contributed by atoms with van der Waals surface area (Å²) in [7, 11) is 0. The second kappa shape index (κ2) is 3.53. The molecule has 0 aliphatic carbocycles. The molecule has 1 aliphatic rings. The van der Waals surface area contributed by atoms with E-state index in [1.165, 1.54) is 0 Å². The molecular weight excluding hydrogens is 144 g/mol. The van der Waals surface area contributed by atoms with Gasteiger partial charge >= 0.3 is 5.97 Å². The van der Waals surface area contributed by atoms with Crippen molar-refractivity contribution in [2.75, 3.05) is 6.61 Å². The SMILES string of the molecule is C/C=C/C1OC1C(=O)OCC. The molecule has 1 aliphatic heterocycles. The summed E-state index contributed by atoms with van der Waals surface area (Å²) in [6, 6.07) is 0. The zero-order valence-electron chi connectivity index (χ0n) is 6.74. The fourth-order valence-electron chi connectivity index (χ4n) is 0.874. The smallest absolute Gasteiger partial charge is 0.338 e. The maximum absolute atomic E-state index is 10.9. The third-order valence-electron chi connectivity index (χ3n) is 1.43. The molecule has 1 fully saturated rings. The first-order valence-electron chi connectivity index (χ1n) is 3.74. The first-order valence-corrected chi connectivity index (χ1v) is 3.74. The lowest BCUT2D eigenvalue weighted by atomic mass is 10.3. The van der Waals surface area contributed by atoms with E-state index in [4.69, 9.17) is 9.47 Å². The molecule has 0 saturated carbocycles. The first kappa shape index (κ1) is 8.27. The zero-order chi connectivity index (χ0) is 8.27. The lowest BCUT2D eigenvalue weighted by Gasteiger charge is -1.94. The second-order valence-electron chi connectivity index (χ2n) is 2.30. The van der Waals surface area contributed by atoms with Gasteiger partial charge in [0.05, 0.1) is 6.61 Å². The molecule has 3 nitrogen and oxygen atoms in total. The fraction of sp³-hybridized carbons (Fsp3) is 0.625. The van der Waals surface area contributed by atoms with Crippen molar-refractivity contribution in [1.82, 2.24) is 0 Å². The molecule has 0 aromatic carbocycles. The van der Waals surface area contributed by atoms with Gasteiger partial charge in [-0.3, -0.25) is 0 Å². The Morgan fingerprint density at radius 2 is 2.45 bits per heavy atom. The Morgan fingerprint density at radius 1 is 1.73 bits per heavy atom. The van der Waals surface area contributed by atoms with Crippen molar-refractivity contribution in [3.63, 3.8) is 0 Å². The maximum Gasteiger partial charge on any atom is 0.338 e. The molecule has 0 radical (unpaired) electrons. The van der Waals surface area contributed by atoms with Crippen molar-refractivity contribution in [3.05, 3.63) is 12.2 Å². The maximum atomic E-state index is 10.9. The summed E-state index contributed by atoms with van der Waals surface area (Å²) in [6.07, 6.45) is 3.33. The fourth-order valence-corrected chi connectivity index (χ4v) is 0.874. The minimum Gasteiger partial charge on any atom is -0.464 e. The third kappa shape index (κ3) is 2.05. The van der Waals surface area contributed by atoms with Gasteiger partial charge < -0.3 is 9.47 Å². The predicted molar refractivity (Wildman–Crippen MR) is 40.1 cm³/mol. The molecule has 0 N–H and O–H groups in total. The van der Waals surface area contributed by atoms with Crippen molar-refractivity contribution in [3.8, 4) is 0 Å². The number of esters is 1. The van der Waals surface area contributed by atoms with Crippen LogP contribution < -0.4 is 0 Å². The van der Waals surface area contributed by atoms with Crippen LogP contribution in [-0.2, 0) is 14.3 Å². The van der Waals surface area contributed by atoms with Gasteiger partial charge in [-0.05, 0) is 13.8 Å². The Balaban J connectivity index is 2.26. The molecule has 2 unspecified atom stereocenters. The number of carbonyl (C=O) groups is 1. The van der Waals surface area contributed by atoms with Crippen molar-refractivity contribution >= 4 is 5.97 Å². The summed E-state index contributed by atoms with van der Waals surface area (Å²) in [5.41, 5.74) is 0. The summed E-state index contributed by atoms with van der Waals surface area (Å²) in [6.45, 7) is 4.09. The minimum absolute atomic E-state index is 0.0425. The second-order valence-corrected chi connectivity index (χ2v) is 2.30. The van der Waals surface area contributed by atoms with Gasteiger partial charge in [0.2, 0.25) is 0 Å². The third-order valence-corrected chi connectivity index (χ3v) is 1.43. The predicted octanol–water partition coefficient (Wildman–Crippen LogP) is 0.893. The topological polar surface area (TPSA) is 38.8 Å². The zero-order valence-corrected chi connectivity index (χ0v) is 6.74. The van der Waals surface area contributed by atoms with E-state index in [0.29, 0.717) is 6.61 Å². The number of ether oxygens (including phenoxy) is 2. The van der Waals surface area contributed by atoms with Crippen LogP contribution in [-0.4, -0.2) is 24.8 Å². The monoisotopic (exact) mass is 156 g/mol. The Hall–Kier alpha value is -0.830. The lowest BCUT2D eigenvalue weighted by Crippen LogP contribution is -2.12. The normalized spacial score (nSPS) is 28.9. The van der Waals surface area contributed by atoms with Crippen molar-refractivity contribution < 1.29 is 14.3 Å². The highest BCUT2D eigenvalue weighted by Gasteiger charge is 2.44. The van der Waals surface area contributed by atoms with Gasteiger partial charge in [-0.25, -0.2) is 4.79 Å². The average Bonchev–Trinajstić information content (AvgIpc) is 2.69. The summed E-state index contributed by atoms with van der Waals surface area (Å²) >= 11 is 0. The molecule has 1 heterocycles. The van der Waals surface area contributed by atoms with E-state index in [1.54, 1.807) is 6.92 Å². The molecule has 1 rings (SSSR count). The van der Waals surface area contributed by atoms with Gasteiger partial charge in [0.15, 0.2) is 6.10 Å². The van der Waals surface area contributed by atoms with Crippen molar-refractivity contribution in [2.45, 2.75) is 26.1 Å². The molecule has 11 heavy (non-hydrogen) atoms. The van der Waals surface area contributed by atoms with E-state index in [2.05, 4.69) is 0 Å². The lowest BCUT2D eigenvalue weighted by molar-refractivity contribution is -0.144. The van der Waals surface area contributed by atoms with Crippen LogP contribution in [0.4, 0.5) is 0 Å². The Bertz CT molecular complexity index is 174. The van der Waals surface area contributed by atoms with Crippen LogP contribution in [0.25, 0.3) is 0 Å². The van der Waals surface area contributed by atoms with Gasteiger partial charge in [-0.1, -0.05) is 12.2 Å². The molecule has 62 valence electrons. The number of hydrogen-bond donors (Lipinski definition) is 0. The molecular formula is C8H12O3. The largest absolute Gasteiger partial charge is 0.464 e. The van der Waals surface area contributed by atoms with Gasteiger partial charge in [0.1, 0.15) is 6.10 Å². The Labute approximate surface area is 66.0 Å². The Kier molecular flexibility index (Phi) is 2.65. The van der Waals surface area contributed by atoms with Gasteiger partial charge in [0.25, 0.3) is 0 Å². The van der Waals surface area contributed by atoms with Crippen LogP contribution in [0.1, 0.15) is 13.8 Å². The highest BCUT2D eigenvalue weighted by molar-refractivity contribution is 5.78. The number of rotatable bonds is 3. The summed E-state index contributed by atoms with van der Waals surface area (Å²) in [5, 5.41) is 0. The molecule has 2 atom stereocenters. The number of hydrogen-bond acceptors (Lipinski definition) is 3. The van der Waals surface area contributed by atoms with Crippen LogP contribution in [0, 0.1) is 0 Å². The van der Waals surface area contributed by atoms with E-state index in [-0.39, 0.29) is 18.2 Å².